The molecule has 3 aromatic heterocycles. The predicted molar refractivity (Wildman–Crippen MR) is 68.0 cm³/mol. The van der Waals surface area contributed by atoms with Crippen LogP contribution in [-0.4, -0.2) is 29.9 Å². The van der Waals surface area contributed by atoms with E-state index in [0.717, 1.165) is 30.2 Å². The highest BCUT2D eigenvalue weighted by atomic mass is 15.1. The molecule has 5 N–H and O–H groups in total. The van der Waals surface area contributed by atoms with Crippen molar-refractivity contribution in [3.05, 3.63) is 29.9 Å². The van der Waals surface area contributed by atoms with E-state index >= 15 is 0 Å². The zero-order valence-electron chi connectivity index (χ0n) is 10.0. The van der Waals surface area contributed by atoms with Crippen LogP contribution in [0.15, 0.2) is 12.7 Å². The zero-order chi connectivity index (χ0) is 12.8. The Morgan fingerprint density at radius 1 is 1.26 bits per heavy atom. The van der Waals surface area contributed by atoms with E-state index in [0.29, 0.717) is 17.0 Å². The first-order chi connectivity index (χ1) is 9.31. The number of imidazole rings is 2. The number of aromatic amines is 2. The van der Waals surface area contributed by atoms with Crippen LogP contribution in [0.1, 0.15) is 23.3 Å². The van der Waals surface area contributed by atoms with Gasteiger partial charge in [0, 0.05) is 13.0 Å². The Balaban J connectivity index is 1.74. The van der Waals surface area contributed by atoms with E-state index < -0.39 is 0 Å². The first-order valence-electron chi connectivity index (χ1n) is 6.02. The minimum atomic E-state index is 0.0874. The summed E-state index contributed by atoms with van der Waals surface area (Å²) in [5, 5.41) is 3.40. The van der Waals surface area contributed by atoms with Crippen LogP contribution in [0.25, 0.3) is 11.2 Å². The van der Waals surface area contributed by atoms with Gasteiger partial charge in [-0.15, -0.1) is 0 Å². The summed E-state index contributed by atoms with van der Waals surface area (Å²) in [6, 6.07) is 0.0874. The van der Waals surface area contributed by atoms with Crippen molar-refractivity contribution < 1.29 is 0 Å². The van der Waals surface area contributed by atoms with Crippen molar-refractivity contribution >= 4 is 17.0 Å². The van der Waals surface area contributed by atoms with Gasteiger partial charge in [-0.25, -0.2) is 19.9 Å². The Kier molecular flexibility index (Phi) is 2.06. The van der Waals surface area contributed by atoms with Crippen molar-refractivity contribution in [3.8, 4) is 0 Å². The average Bonchev–Trinajstić information content (AvgIpc) is 3.04. The van der Waals surface area contributed by atoms with Gasteiger partial charge in [-0.05, 0) is 0 Å². The minimum absolute atomic E-state index is 0.0874. The molecule has 0 saturated heterocycles. The Morgan fingerprint density at radius 3 is 3.11 bits per heavy atom. The maximum Gasteiger partial charge on any atom is 0.183 e. The summed E-state index contributed by atoms with van der Waals surface area (Å²) in [7, 11) is 0. The van der Waals surface area contributed by atoms with Gasteiger partial charge in [-0.3, -0.25) is 0 Å². The molecule has 0 saturated carbocycles. The predicted octanol–water partition coefficient (Wildman–Crippen LogP) is 0.0452. The lowest BCUT2D eigenvalue weighted by Crippen LogP contribution is -2.29. The second kappa shape index (κ2) is 3.75. The third-order valence-corrected chi connectivity index (χ3v) is 3.40. The number of rotatable bonds is 1. The number of fused-ring (bicyclic) bond motifs is 2. The monoisotopic (exact) mass is 256 g/mol. The van der Waals surface area contributed by atoms with E-state index in [-0.39, 0.29) is 6.04 Å². The lowest BCUT2D eigenvalue weighted by molar-refractivity contribution is 0.472. The SMILES string of the molecule is Nc1ncnc2nc(C3Cc4nc[nH]c4CN3)[nH]c12. The van der Waals surface area contributed by atoms with Crippen molar-refractivity contribution in [2.24, 2.45) is 0 Å². The molecule has 19 heavy (non-hydrogen) atoms. The Morgan fingerprint density at radius 2 is 2.21 bits per heavy atom. The lowest BCUT2D eigenvalue weighted by Gasteiger charge is -2.20. The molecule has 1 aliphatic heterocycles. The quantitative estimate of drug-likeness (QED) is 0.488. The topological polar surface area (TPSA) is 121 Å². The normalized spacial score (nSPS) is 18.6. The summed E-state index contributed by atoms with van der Waals surface area (Å²) >= 11 is 0. The molecule has 3 aromatic rings. The highest BCUT2D eigenvalue weighted by Gasteiger charge is 2.24. The number of nitrogen functional groups attached to an aromatic ring is 1. The van der Waals surface area contributed by atoms with Gasteiger partial charge in [0.1, 0.15) is 17.7 Å². The third-order valence-electron chi connectivity index (χ3n) is 3.40. The van der Waals surface area contributed by atoms with Crippen LogP contribution in [0, 0.1) is 0 Å². The molecule has 1 atom stereocenters. The van der Waals surface area contributed by atoms with Crippen LogP contribution in [0.4, 0.5) is 5.82 Å². The van der Waals surface area contributed by atoms with Crippen LogP contribution in [-0.2, 0) is 13.0 Å². The van der Waals surface area contributed by atoms with E-state index in [1.54, 1.807) is 6.33 Å². The van der Waals surface area contributed by atoms with E-state index in [4.69, 9.17) is 5.73 Å². The van der Waals surface area contributed by atoms with Crippen molar-refractivity contribution in [2.45, 2.75) is 19.0 Å². The van der Waals surface area contributed by atoms with E-state index in [1.807, 2.05) is 0 Å². The molecular weight excluding hydrogens is 244 g/mol. The number of hydrogen-bond donors (Lipinski definition) is 4. The summed E-state index contributed by atoms with van der Waals surface area (Å²) in [6.07, 6.45) is 3.92. The van der Waals surface area contributed by atoms with Gasteiger partial charge >= 0.3 is 0 Å². The molecule has 8 heteroatoms. The number of nitrogens with zero attached hydrogens (tertiary/aromatic N) is 4. The van der Waals surface area contributed by atoms with Gasteiger partial charge in [0.25, 0.3) is 0 Å². The molecule has 1 aliphatic rings. The van der Waals surface area contributed by atoms with E-state index in [2.05, 4.69) is 35.2 Å². The molecule has 0 aromatic carbocycles. The van der Waals surface area contributed by atoms with Crippen molar-refractivity contribution in [1.82, 2.24) is 35.2 Å². The molecule has 0 aliphatic carbocycles. The first kappa shape index (κ1) is 10.4. The molecule has 0 spiro atoms. The maximum absolute atomic E-state index is 5.80. The molecule has 1 unspecified atom stereocenters. The molecule has 0 bridgehead atoms. The lowest BCUT2D eigenvalue weighted by atomic mass is 10.1. The fourth-order valence-electron chi connectivity index (χ4n) is 2.39. The largest absolute Gasteiger partial charge is 0.382 e. The van der Waals surface area contributed by atoms with Gasteiger partial charge in [0.2, 0.25) is 0 Å². The highest BCUT2D eigenvalue weighted by Crippen LogP contribution is 2.24. The fraction of sp³-hybridized carbons (Fsp3) is 0.273. The average molecular weight is 256 g/mol. The highest BCUT2D eigenvalue weighted by molar-refractivity contribution is 5.81. The second-order valence-electron chi connectivity index (χ2n) is 4.54. The number of anilines is 1. The number of nitrogens with two attached hydrogens (primary N) is 1. The van der Waals surface area contributed by atoms with Crippen LogP contribution < -0.4 is 11.1 Å². The maximum atomic E-state index is 5.80. The summed E-state index contributed by atoms with van der Waals surface area (Å²) < 4.78 is 0. The van der Waals surface area contributed by atoms with Crippen molar-refractivity contribution in [3.63, 3.8) is 0 Å². The molecule has 4 rings (SSSR count). The Hall–Kier alpha value is -2.48. The fourth-order valence-corrected chi connectivity index (χ4v) is 2.39. The molecule has 96 valence electrons. The van der Waals surface area contributed by atoms with E-state index in [1.165, 1.54) is 6.33 Å². The van der Waals surface area contributed by atoms with Crippen LogP contribution in [0.2, 0.25) is 0 Å². The molecule has 0 fully saturated rings. The number of hydrogen-bond acceptors (Lipinski definition) is 6. The number of nitrogens with one attached hydrogen (secondary N) is 3. The summed E-state index contributed by atoms with van der Waals surface area (Å²) in [4.78, 5) is 23.2. The molecule has 0 amide bonds. The standard InChI is InChI=1S/C11H12N8/c12-9-8-11(17-4-16-9)19-10(18-8)6-1-5-7(2-13-6)15-3-14-5/h3-4,6,13H,1-2H2,(H,14,15)(H3,12,16,17,18,19). The minimum Gasteiger partial charge on any atom is -0.382 e. The molecule has 0 radical (unpaired) electrons. The molecule has 4 heterocycles. The van der Waals surface area contributed by atoms with Gasteiger partial charge in [-0.1, -0.05) is 0 Å². The zero-order valence-corrected chi connectivity index (χ0v) is 10.0. The number of aromatic nitrogens is 6. The van der Waals surface area contributed by atoms with Gasteiger partial charge in [0.05, 0.1) is 23.8 Å². The molecular formula is C11H12N8. The summed E-state index contributed by atoms with van der Waals surface area (Å²) in [6.45, 7) is 0.748. The summed E-state index contributed by atoms with van der Waals surface area (Å²) in [5.74, 6) is 1.23. The number of H-pyrrole nitrogens is 2. The van der Waals surface area contributed by atoms with Crippen molar-refractivity contribution in [1.29, 1.82) is 0 Å². The van der Waals surface area contributed by atoms with Gasteiger partial charge in [0.15, 0.2) is 11.5 Å². The Labute approximate surface area is 107 Å². The van der Waals surface area contributed by atoms with Crippen LogP contribution >= 0.6 is 0 Å². The van der Waals surface area contributed by atoms with E-state index in [9.17, 15) is 0 Å². The van der Waals surface area contributed by atoms with Crippen LogP contribution in [0.5, 0.6) is 0 Å². The Bertz CT molecular complexity index is 742. The summed E-state index contributed by atoms with van der Waals surface area (Å²) in [5.41, 5.74) is 9.28. The van der Waals surface area contributed by atoms with Gasteiger partial charge in [-0.2, -0.15) is 0 Å². The first-order valence-corrected chi connectivity index (χ1v) is 6.02. The van der Waals surface area contributed by atoms with Crippen molar-refractivity contribution in [2.75, 3.05) is 5.73 Å². The smallest absolute Gasteiger partial charge is 0.183 e. The van der Waals surface area contributed by atoms with Crippen LogP contribution in [0.3, 0.4) is 0 Å². The van der Waals surface area contributed by atoms with Gasteiger partial charge < -0.3 is 21.0 Å². The second-order valence-corrected chi connectivity index (χ2v) is 4.54. The third kappa shape index (κ3) is 1.57. The molecule has 8 nitrogen and oxygen atoms in total.